The van der Waals surface area contributed by atoms with Crippen molar-refractivity contribution in [2.75, 3.05) is 6.61 Å². The van der Waals surface area contributed by atoms with E-state index in [0.717, 1.165) is 0 Å². The van der Waals surface area contributed by atoms with E-state index in [2.05, 4.69) is 10.8 Å². The molecule has 0 amide bonds. The predicted molar refractivity (Wildman–Crippen MR) is 42.0 cm³/mol. The Morgan fingerprint density at radius 1 is 1.64 bits per heavy atom. The van der Waals surface area contributed by atoms with Crippen LogP contribution in [0.3, 0.4) is 0 Å². The van der Waals surface area contributed by atoms with Gasteiger partial charge in [-0.3, -0.25) is 4.84 Å². The molecule has 0 aliphatic carbocycles. The van der Waals surface area contributed by atoms with Gasteiger partial charge in [-0.05, 0) is 13.8 Å². The number of hydrogen-bond donors (Lipinski definition) is 1. The maximum absolute atomic E-state index is 10.9. The van der Waals surface area contributed by atoms with Crippen LogP contribution in [0, 0.1) is 12.3 Å². The summed E-state index contributed by atoms with van der Waals surface area (Å²) in [5, 5.41) is -0.514. The average molecular weight is 177 g/mol. The second-order valence-electron chi connectivity index (χ2n) is 2.17. The largest absolute Gasteiger partial charge is 0.274 e. The molecule has 0 unspecified atom stereocenters. The lowest BCUT2D eigenvalue weighted by atomic mass is 10.6. The van der Waals surface area contributed by atoms with Crippen LogP contribution in [-0.4, -0.2) is 20.3 Å². The fraction of sp³-hybridized carbons (Fsp3) is 0.667. The standard InChI is InChI=1S/C6H11NO3S/c1-4-5-10-7-11(8,9)6(2)3/h1,6-7H,5H2,2-3H3. The van der Waals surface area contributed by atoms with E-state index in [4.69, 9.17) is 6.42 Å². The summed E-state index contributed by atoms with van der Waals surface area (Å²) in [5.74, 6) is 2.13. The highest BCUT2D eigenvalue weighted by Gasteiger charge is 2.14. The second kappa shape index (κ2) is 4.34. The summed E-state index contributed by atoms with van der Waals surface area (Å²) in [4.78, 5) is 6.32. The Labute approximate surface area is 66.9 Å². The van der Waals surface area contributed by atoms with Crippen LogP contribution in [0.4, 0.5) is 0 Å². The molecule has 0 saturated heterocycles. The van der Waals surface area contributed by atoms with E-state index in [1.54, 1.807) is 13.8 Å². The van der Waals surface area contributed by atoms with Gasteiger partial charge in [0.05, 0.1) is 5.25 Å². The molecule has 0 aliphatic heterocycles. The lowest BCUT2D eigenvalue weighted by molar-refractivity contribution is 0.123. The van der Waals surface area contributed by atoms with E-state index in [0.29, 0.717) is 0 Å². The van der Waals surface area contributed by atoms with Gasteiger partial charge >= 0.3 is 0 Å². The van der Waals surface area contributed by atoms with Crippen molar-refractivity contribution in [2.24, 2.45) is 0 Å². The molecule has 0 atom stereocenters. The molecule has 0 bridgehead atoms. The number of terminal acetylenes is 1. The minimum Gasteiger partial charge on any atom is -0.274 e. The van der Waals surface area contributed by atoms with Gasteiger partial charge in [0, 0.05) is 0 Å². The second-order valence-corrected chi connectivity index (χ2v) is 4.37. The molecular weight excluding hydrogens is 166 g/mol. The zero-order chi connectivity index (χ0) is 8.91. The molecule has 0 fully saturated rings. The van der Waals surface area contributed by atoms with Gasteiger partial charge in [-0.15, -0.1) is 6.42 Å². The summed E-state index contributed by atoms with van der Waals surface area (Å²) < 4.78 is 21.8. The lowest BCUT2D eigenvalue weighted by Gasteiger charge is -2.06. The van der Waals surface area contributed by atoms with Crippen molar-refractivity contribution >= 4 is 10.0 Å². The van der Waals surface area contributed by atoms with Crippen molar-refractivity contribution in [3.05, 3.63) is 0 Å². The summed E-state index contributed by atoms with van der Waals surface area (Å²) in [7, 11) is -3.34. The SMILES string of the molecule is C#CCONS(=O)(=O)C(C)C. The fourth-order valence-electron chi connectivity index (χ4n) is 0.249. The molecule has 0 saturated carbocycles. The van der Waals surface area contributed by atoms with Gasteiger partial charge in [-0.1, -0.05) is 10.8 Å². The van der Waals surface area contributed by atoms with Crippen molar-refractivity contribution in [1.29, 1.82) is 0 Å². The Morgan fingerprint density at radius 2 is 2.18 bits per heavy atom. The van der Waals surface area contributed by atoms with Crippen LogP contribution in [0.25, 0.3) is 0 Å². The molecular formula is C6H11NO3S. The van der Waals surface area contributed by atoms with Gasteiger partial charge in [0.15, 0.2) is 0 Å². The molecule has 64 valence electrons. The molecule has 0 radical (unpaired) electrons. The molecule has 11 heavy (non-hydrogen) atoms. The summed E-state index contributed by atoms with van der Waals surface area (Å²) >= 11 is 0. The topological polar surface area (TPSA) is 55.4 Å². The Kier molecular flexibility index (Phi) is 4.11. The highest BCUT2D eigenvalue weighted by molar-refractivity contribution is 7.89. The fourth-order valence-corrected chi connectivity index (χ4v) is 0.665. The smallest absolute Gasteiger partial charge is 0.235 e. The van der Waals surface area contributed by atoms with Gasteiger partial charge in [-0.25, -0.2) is 8.42 Å². The molecule has 0 rings (SSSR count). The summed E-state index contributed by atoms with van der Waals surface area (Å²) in [6.45, 7) is 3.02. The first kappa shape index (κ1) is 10.4. The van der Waals surface area contributed by atoms with Crippen molar-refractivity contribution in [3.63, 3.8) is 0 Å². The summed E-state index contributed by atoms with van der Waals surface area (Å²) in [6.07, 6.45) is 4.82. The molecule has 5 heteroatoms. The van der Waals surface area contributed by atoms with Crippen LogP contribution in [0.2, 0.25) is 0 Å². The number of hydrogen-bond acceptors (Lipinski definition) is 3. The third-order valence-corrected chi connectivity index (χ3v) is 2.54. The highest BCUT2D eigenvalue weighted by Crippen LogP contribution is 1.94. The summed E-state index contributed by atoms with van der Waals surface area (Å²) in [5.41, 5.74) is 0. The Hall–Kier alpha value is -0.570. The molecule has 0 aromatic rings. The maximum atomic E-state index is 10.9. The minimum atomic E-state index is -3.34. The van der Waals surface area contributed by atoms with Crippen LogP contribution in [0.5, 0.6) is 0 Å². The van der Waals surface area contributed by atoms with Crippen LogP contribution >= 0.6 is 0 Å². The average Bonchev–Trinajstić information content (AvgIpc) is 1.88. The molecule has 0 aliphatic rings. The van der Waals surface area contributed by atoms with E-state index in [-0.39, 0.29) is 6.61 Å². The molecule has 0 aromatic heterocycles. The third-order valence-electron chi connectivity index (χ3n) is 0.951. The zero-order valence-electron chi connectivity index (χ0n) is 6.49. The first-order chi connectivity index (χ1) is 5.00. The monoisotopic (exact) mass is 177 g/mol. The molecule has 1 N–H and O–H groups in total. The summed E-state index contributed by atoms with van der Waals surface area (Å²) in [6, 6.07) is 0. The van der Waals surface area contributed by atoms with Gasteiger partial charge in [0.1, 0.15) is 6.61 Å². The van der Waals surface area contributed by atoms with E-state index in [9.17, 15) is 8.42 Å². The van der Waals surface area contributed by atoms with Crippen LogP contribution in [0.15, 0.2) is 0 Å². The quantitative estimate of drug-likeness (QED) is 0.370. The Bertz CT molecular complexity index is 237. The Balaban J connectivity index is 3.87. The van der Waals surface area contributed by atoms with Gasteiger partial charge in [0.25, 0.3) is 0 Å². The van der Waals surface area contributed by atoms with Crippen LogP contribution < -0.4 is 4.89 Å². The van der Waals surface area contributed by atoms with E-state index in [1.807, 2.05) is 4.89 Å². The molecule has 0 aromatic carbocycles. The molecule has 0 spiro atoms. The number of nitrogens with one attached hydrogen (secondary N) is 1. The first-order valence-corrected chi connectivity index (χ1v) is 4.61. The van der Waals surface area contributed by atoms with E-state index >= 15 is 0 Å². The highest BCUT2D eigenvalue weighted by atomic mass is 32.2. The van der Waals surface area contributed by atoms with Crippen molar-refractivity contribution in [3.8, 4) is 12.3 Å². The third kappa shape index (κ3) is 3.98. The minimum absolute atomic E-state index is 0.0635. The Morgan fingerprint density at radius 3 is 2.55 bits per heavy atom. The van der Waals surface area contributed by atoms with Gasteiger partial charge < -0.3 is 0 Å². The van der Waals surface area contributed by atoms with Crippen LogP contribution in [0.1, 0.15) is 13.8 Å². The van der Waals surface area contributed by atoms with Crippen molar-refractivity contribution in [2.45, 2.75) is 19.1 Å². The maximum Gasteiger partial charge on any atom is 0.235 e. The van der Waals surface area contributed by atoms with Gasteiger partial charge in [-0.2, -0.15) is 0 Å². The first-order valence-electron chi connectivity index (χ1n) is 3.06. The lowest BCUT2D eigenvalue weighted by Crippen LogP contribution is -2.30. The normalized spacial score (nSPS) is 11.5. The predicted octanol–water partition coefficient (Wildman–Crippen LogP) is -0.121. The molecule has 0 heterocycles. The number of sulfonamides is 1. The molecule has 4 nitrogen and oxygen atoms in total. The van der Waals surface area contributed by atoms with E-state index < -0.39 is 15.3 Å². The van der Waals surface area contributed by atoms with Crippen molar-refractivity contribution < 1.29 is 13.3 Å². The van der Waals surface area contributed by atoms with Crippen molar-refractivity contribution in [1.82, 2.24) is 4.89 Å². The number of rotatable bonds is 4. The van der Waals surface area contributed by atoms with E-state index in [1.165, 1.54) is 0 Å². The zero-order valence-corrected chi connectivity index (χ0v) is 7.31. The van der Waals surface area contributed by atoms with Gasteiger partial charge in [0.2, 0.25) is 10.0 Å². The van der Waals surface area contributed by atoms with Crippen LogP contribution in [-0.2, 0) is 14.9 Å².